The number of carbonyl (C=O) groups is 1. The first-order valence-corrected chi connectivity index (χ1v) is 15.3. The van der Waals surface area contributed by atoms with Crippen LogP contribution in [0.15, 0.2) is 95.8 Å². The molecule has 1 fully saturated rings. The first-order chi connectivity index (χ1) is 19.8. The van der Waals surface area contributed by atoms with Gasteiger partial charge < -0.3 is 4.90 Å². The molecule has 3 rings (SSSR count). The molecule has 0 saturated carbocycles. The minimum Gasteiger partial charge on any atom is -0.320 e. The molecule has 0 aliphatic carbocycles. The van der Waals surface area contributed by atoms with Crippen LogP contribution in [0.4, 0.5) is 4.79 Å². The topological polar surface area (TPSA) is 35.9 Å². The normalized spacial score (nSPS) is 17.5. The van der Waals surface area contributed by atoms with Crippen molar-refractivity contribution in [2.75, 3.05) is 6.54 Å². The van der Waals surface area contributed by atoms with E-state index in [1.54, 1.807) is 0 Å². The summed E-state index contributed by atoms with van der Waals surface area (Å²) in [4.78, 5) is 15.8. The summed E-state index contributed by atoms with van der Waals surface area (Å²) in [5.74, 6) is 0.517. The molecule has 0 bridgehead atoms. The lowest BCUT2D eigenvalue weighted by Gasteiger charge is -2.37. The Balaban J connectivity index is 1.89. The van der Waals surface area contributed by atoms with Crippen molar-refractivity contribution in [1.82, 2.24) is 9.91 Å². The number of likely N-dealkylation sites (tertiary alicyclic amines) is 1. The van der Waals surface area contributed by atoms with Crippen LogP contribution in [0.3, 0.4) is 0 Å². The third-order valence-corrected chi connectivity index (χ3v) is 8.15. The van der Waals surface area contributed by atoms with Crippen LogP contribution in [0.25, 0.3) is 11.1 Å². The van der Waals surface area contributed by atoms with E-state index < -0.39 is 0 Å². The number of allylic oxidation sites excluding steroid dienone is 6. The fraction of sp³-hybridized carbons (Fsp3) is 0.405. The molecule has 41 heavy (non-hydrogen) atoms. The summed E-state index contributed by atoms with van der Waals surface area (Å²) in [6.07, 6.45) is 13.1. The number of piperidine rings is 1. The fourth-order valence-electron chi connectivity index (χ4n) is 5.69. The third-order valence-electron chi connectivity index (χ3n) is 8.15. The van der Waals surface area contributed by atoms with E-state index in [-0.39, 0.29) is 12.1 Å². The van der Waals surface area contributed by atoms with E-state index in [2.05, 4.69) is 108 Å². The Bertz CT molecular complexity index is 1250. The van der Waals surface area contributed by atoms with Gasteiger partial charge in [0, 0.05) is 25.5 Å². The maximum absolute atomic E-state index is 13.8. The number of nitrogens with zero attached hydrogens (tertiary/aromatic N) is 3. The van der Waals surface area contributed by atoms with Crippen molar-refractivity contribution in [3.05, 3.63) is 107 Å². The van der Waals surface area contributed by atoms with Gasteiger partial charge in [0.05, 0.1) is 0 Å². The van der Waals surface area contributed by atoms with Gasteiger partial charge in [-0.3, -0.25) is 0 Å². The molecule has 218 valence electrons. The van der Waals surface area contributed by atoms with Gasteiger partial charge >= 0.3 is 6.03 Å². The second-order valence-electron chi connectivity index (χ2n) is 11.3. The molecule has 2 atom stereocenters. The molecule has 2 aromatic carbocycles. The van der Waals surface area contributed by atoms with E-state index in [1.165, 1.54) is 32.9 Å². The van der Waals surface area contributed by atoms with Gasteiger partial charge in [0.25, 0.3) is 0 Å². The Morgan fingerprint density at radius 1 is 1.07 bits per heavy atom. The number of benzene rings is 2. The summed E-state index contributed by atoms with van der Waals surface area (Å²) >= 11 is 0. The van der Waals surface area contributed by atoms with Crippen molar-refractivity contribution in [1.29, 1.82) is 0 Å². The zero-order valence-electron chi connectivity index (χ0n) is 25.9. The van der Waals surface area contributed by atoms with E-state index in [0.717, 1.165) is 62.6 Å². The van der Waals surface area contributed by atoms with E-state index in [1.807, 2.05) is 23.2 Å². The van der Waals surface area contributed by atoms with Gasteiger partial charge in [-0.05, 0) is 90.9 Å². The van der Waals surface area contributed by atoms with Crippen LogP contribution in [0.2, 0.25) is 0 Å². The van der Waals surface area contributed by atoms with Gasteiger partial charge in [-0.15, -0.1) is 0 Å². The largest absolute Gasteiger partial charge is 0.344 e. The van der Waals surface area contributed by atoms with Gasteiger partial charge in [0.15, 0.2) is 0 Å². The van der Waals surface area contributed by atoms with E-state index in [9.17, 15) is 4.79 Å². The molecule has 0 N–H and O–H groups in total. The van der Waals surface area contributed by atoms with Crippen molar-refractivity contribution in [3.63, 3.8) is 0 Å². The van der Waals surface area contributed by atoms with Crippen molar-refractivity contribution in [2.24, 2.45) is 11.0 Å². The van der Waals surface area contributed by atoms with Crippen LogP contribution >= 0.6 is 0 Å². The molecule has 0 spiro atoms. The van der Waals surface area contributed by atoms with Crippen molar-refractivity contribution in [2.45, 2.75) is 85.6 Å². The second-order valence-corrected chi connectivity index (χ2v) is 11.3. The number of carbonyl (C=O) groups excluding carboxylic acids is 1. The molecular weight excluding hydrogens is 502 g/mol. The summed E-state index contributed by atoms with van der Waals surface area (Å²) in [6, 6.07) is 19.2. The number of hydrogen-bond acceptors (Lipinski definition) is 2. The Morgan fingerprint density at radius 3 is 2.37 bits per heavy atom. The van der Waals surface area contributed by atoms with Gasteiger partial charge in [-0.2, -0.15) is 10.1 Å². The second kappa shape index (κ2) is 16.0. The predicted molar refractivity (Wildman–Crippen MR) is 177 cm³/mol. The van der Waals surface area contributed by atoms with Gasteiger partial charge in [0.1, 0.15) is 0 Å². The lowest BCUT2D eigenvalue weighted by atomic mass is 9.90. The lowest BCUT2D eigenvalue weighted by molar-refractivity contribution is 0.128. The average molecular weight is 552 g/mol. The monoisotopic (exact) mass is 551 g/mol. The van der Waals surface area contributed by atoms with Gasteiger partial charge in [0.2, 0.25) is 0 Å². The molecule has 0 aromatic heterocycles. The summed E-state index contributed by atoms with van der Waals surface area (Å²) in [6.45, 7) is 19.5. The molecule has 4 nitrogen and oxygen atoms in total. The number of hydrazone groups is 1. The minimum atomic E-state index is -0.0940. The molecule has 2 unspecified atom stereocenters. The molecular formula is C37H49N3O. The van der Waals surface area contributed by atoms with E-state index >= 15 is 0 Å². The highest BCUT2D eigenvalue weighted by atomic mass is 16.2. The van der Waals surface area contributed by atoms with E-state index in [4.69, 9.17) is 0 Å². The average Bonchev–Trinajstić information content (AvgIpc) is 3.00. The number of amides is 2. The van der Waals surface area contributed by atoms with Gasteiger partial charge in [-0.1, -0.05) is 107 Å². The molecule has 1 aliphatic heterocycles. The van der Waals surface area contributed by atoms with Crippen molar-refractivity contribution in [3.8, 4) is 0 Å². The summed E-state index contributed by atoms with van der Waals surface area (Å²) in [5, 5.41) is 5.63. The van der Waals surface area contributed by atoms with Crippen LogP contribution in [-0.4, -0.2) is 35.2 Å². The lowest BCUT2D eigenvalue weighted by Crippen LogP contribution is -2.48. The highest BCUT2D eigenvalue weighted by Crippen LogP contribution is 2.31. The summed E-state index contributed by atoms with van der Waals surface area (Å²) in [5.41, 5.74) is 8.26. The van der Waals surface area contributed by atoms with Crippen LogP contribution < -0.4 is 0 Å². The Kier molecular flexibility index (Phi) is 12.4. The highest BCUT2D eigenvalue weighted by molar-refractivity contribution is 5.83. The molecule has 0 radical (unpaired) electrons. The number of rotatable bonds is 12. The van der Waals surface area contributed by atoms with E-state index in [0.29, 0.717) is 5.92 Å². The Labute approximate surface area is 248 Å². The fourth-order valence-corrected chi connectivity index (χ4v) is 5.69. The Morgan fingerprint density at radius 2 is 1.76 bits per heavy atom. The molecule has 4 heteroatoms. The summed E-state index contributed by atoms with van der Waals surface area (Å²) in [7, 11) is 0. The maximum Gasteiger partial charge on any atom is 0.344 e. The third kappa shape index (κ3) is 8.66. The minimum absolute atomic E-state index is 0.0940. The number of hydrogen-bond donors (Lipinski definition) is 0. The smallest absolute Gasteiger partial charge is 0.320 e. The first kappa shape index (κ1) is 31.9. The van der Waals surface area contributed by atoms with Crippen LogP contribution in [0, 0.1) is 5.92 Å². The quantitative estimate of drug-likeness (QED) is 0.147. The molecule has 2 aromatic rings. The standard InChI is InChI=1S/C37H49N3O/c1-8-16-34(32-20-22-33(23-21-32)36(29(5)10-3)30(6)25-28(4)9-2)27-40(38-7)37(41)39-24-15-14-19-35(39)26-31-17-12-11-13-18-31/h10-13,17-18,20-23,25,27-28,35H,3,7-9,14-16,19,24,26H2,1-2,4-6H3/b30-25-,34-27+,36-29+. The SMILES string of the molecule is C=C/C(C)=C(\C(C)=C/C(C)CC)c1ccc(/C(=C/N(N=C)C(=O)N2CCCCC2Cc2ccccc2)CCC)cc1. The predicted octanol–water partition coefficient (Wildman–Crippen LogP) is 9.91. The first-order valence-electron chi connectivity index (χ1n) is 15.3. The van der Waals surface area contributed by atoms with Crippen LogP contribution in [0.5, 0.6) is 0 Å². The molecule has 1 saturated heterocycles. The number of urea groups is 1. The van der Waals surface area contributed by atoms with Crippen LogP contribution in [-0.2, 0) is 6.42 Å². The van der Waals surface area contributed by atoms with Crippen molar-refractivity contribution < 1.29 is 4.79 Å². The summed E-state index contributed by atoms with van der Waals surface area (Å²) < 4.78 is 0. The molecule has 2 amide bonds. The van der Waals surface area contributed by atoms with Crippen LogP contribution in [0.1, 0.15) is 89.8 Å². The molecule has 1 heterocycles. The zero-order valence-corrected chi connectivity index (χ0v) is 25.9. The molecule has 1 aliphatic rings. The Hall–Kier alpha value is -3.66. The zero-order chi connectivity index (χ0) is 29.8. The van der Waals surface area contributed by atoms with Crippen molar-refractivity contribution >= 4 is 23.9 Å². The maximum atomic E-state index is 13.8. The van der Waals surface area contributed by atoms with Gasteiger partial charge in [-0.25, -0.2) is 4.79 Å². The highest BCUT2D eigenvalue weighted by Gasteiger charge is 2.29.